The minimum absolute atomic E-state index is 0.0429. The van der Waals surface area contributed by atoms with Gasteiger partial charge in [-0.2, -0.15) is 0 Å². The van der Waals surface area contributed by atoms with Gasteiger partial charge in [0.05, 0.1) is 28.4 Å². The van der Waals surface area contributed by atoms with Crippen molar-refractivity contribution < 1.29 is 95.4 Å². The third-order valence-electron chi connectivity index (χ3n) is 14.6. The molecule has 0 spiro atoms. The lowest BCUT2D eigenvalue weighted by Gasteiger charge is -2.28. The largest absolute Gasteiger partial charge is 0.467 e. The summed E-state index contributed by atoms with van der Waals surface area (Å²) in [7, 11) is 4.73. The van der Waals surface area contributed by atoms with E-state index in [0.717, 1.165) is 0 Å². The maximum absolute atomic E-state index is 12.8. The highest BCUT2D eigenvalue weighted by Gasteiger charge is 2.32. The summed E-state index contributed by atoms with van der Waals surface area (Å²) >= 11 is 0. The zero-order valence-electron chi connectivity index (χ0n) is 51.4. The number of methoxy groups -OCH3 is 4. The van der Waals surface area contributed by atoms with Crippen molar-refractivity contribution in [1.82, 2.24) is 21.3 Å². The Labute approximate surface area is 516 Å². The minimum Gasteiger partial charge on any atom is -0.467 e. The van der Waals surface area contributed by atoms with Crippen molar-refractivity contribution in [2.45, 2.75) is 254 Å². The fraction of sp³-hybridized carbons (Fsp3) is 0.688. The van der Waals surface area contributed by atoms with Gasteiger partial charge in [-0.05, 0) is 152 Å². The van der Waals surface area contributed by atoms with Crippen molar-refractivity contribution in [3.63, 3.8) is 0 Å². The second-order valence-electron chi connectivity index (χ2n) is 21.5. The summed E-state index contributed by atoms with van der Waals surface area (Å²) in [5, 5.41) is 10.5. The van der Waals surface area contributed by atoms with Gasteiger partial charge in [0.1, 0.15) is 48.6 Å². The molecule has 484 valence electrons. The van der Waals surface area contributed by atoms with Gasteiger partial charge in [-0.25, -0.2) is 19.2 Å². The molecule has 4 aliphatic heterocycles. The van der Waals surface area contributed by atoms with Crippen LogP contribution >= 0.6 is 0 Å². The van der Waals surface area contributed by atoms with Crippen LogP contribution in [0, 0.1) is 47.4 Å². The van der Waals surface area contributed by atoms with Crippen molar-refractivity contribution in [2.24, 2.45) is 0 Å². The predicted octanol–water partition coefficient (Wildman–Crippen LogP) is 4.80. The van der Waals surface area contributed by atoms with Gasteiger partial charge in [-0.1, -0.05) is 23.7 Å². The Morgan fingerprint density at radius 3 is 0.682 bits per heavy atom. The van der Waals surface area contributed by atoms with E-state index in [2.05, 4.69) is 68.6 Å². The molecule has 24 nitrogen and oxygen atoms in total. The molecule has 2 saturated carbocycles. The molecule has 4 bridgehead atoms. The number of hydrogen-bond donors (Lipinski definition) is 4. The Bertz CT molecular complexity index is 2240. The number of carbonyl (C=O) groups excluding carboxylic acids is 12. The fourth-order valence-electron chi connectivity index (χ4n) is 9.62. The summed E-state index contributed by atoms with van der Waals surface area (Å²) in [4.78, 5) is 152. The smallest absolute Gasteiger partial charge is 0.328 e. The van der Waals surface area contributed by atoms with Crippen LogP contribution in [0.3, 0.4) is 0 Å². The average Bonchev–Trinajstić information content (AvgIpc) is 3.73. The van der Waals surface area contributed by atoms with Gasteiger partial charge in [0.25, 0.3) is 0 Å². The van der Waals surface area contributed by atoms with Gasteiger partial charge in [0.15, 0.2) is 0 Å². The summed E-state index contributed by atoms with van der Waals surface area (Å²) in [5.41, 5.74) is 0. The van der Waals surface area contributed by atoms with Crippen LogP contribution in [0.15, 0.2) is 0 Å². The van der Waals surface area contributed by atoms with E-state index in [-0.39, 0.29) is 77.0 Å². The third kappa shape index (κ3) is 33.1. The van der Waals surface area contributed by atoms with Gasteiger partial charge in [-0.3, -0.25) is 38.4 Å². The first kappa shape index (κ1) is 74.1. The van der Waals surface area contributed by atoms with E-state index in [9.17, 15) is 57.5 Å². The minimum atomic E-state index is -1.07. The van der Waals surface area contributed by atoms with Crippen LogP contribution < -0.4 is 21.3 Å². The molecule has 4 atom stereocenters. The van der Waals surface area contributed by atoms with Gasteiger partial charge in [0, 0.05) is 77.0 Å². The molecule has 0 unspecified atom stereocenters. The van der Waals surface area contributed by atoms with Crippen LogP contribution in [0.2, 0.25) is 0 Å². The van der Waals surface area contributed by atoms with Crippen LogP contribution in [-0.2, 0) is 95.4 Å². The molecule has 4 amide bonds. The quantitative estimate of drug-likeness (QED) is 0.167. The number of hydrogen-bond acceptors (Lipinski definition) is 20. The van der Waals surface area contributed by atoms with Gasteiger partial charge in [0.2, 0.25) is 23.6 Å². The maximum Gasteiger partial charge on any atom is 0.328 e. The van der Waals surface area contributed by atoms with Crippen molar-refractivity contribution in [1.29, 1.82) is 0 Å². The van der Waals surface area contributed by atoms with Crippen molar-refractivity contribution >= 4 is 71.4 Å². The van der Waals surface area contributed by atoms with E-state index in [4.69, 9.17) is 37.9 Å². The molecule has 2 aliphatic carbocycles. The highest BCUT2D eigenvalue weighted by molar-refractivity contribution is 5.87. The number of rotatable bonds is 4. The molecule has 0 radical (unpaired) electrons. The summed E-state index contributed by atoms with van der Waals surface area (Å²) in [6.45, 7) is 0. The molecule has 88 heavy (non-hydrogen) atoms. The summed E-state index contributed by atoms with van der Waals surface area (Å²) in [5.74, 6) is 16.2. The number of amides is 4. The number of nitrogens with one attached hydrogen (secondary N) is 4. The van der Waals surface area contributed by atoms with Gasteiger partial charge < -0.3 is 59.2 Å². The van der Waals surface area contributed by atoms with E-state index in [0.29, 0.717) is 128 Å². The normalized spacial score (nSPS) is 25.6. The molecule has 24 heteroatoms. The summed E-state index contributed by atoms with van der Waals surface area (Å²) < 4.78 is 42.0. The van der Waals surface area contributed by atoms with Gasteiger partial charge >= 0.3 is 47.8 Å². The Hall–Kier alpha value is -8.12. The Balaban J connectivity index is 1.54. The molecular weight excluding hydrogens is 1140 g/mol. The number of carbonyl (C=O) groups is 12. The molecule has 6 rings (SSSR count). The van der Waals surface area contributed by atoms with Crippen molar-refractivity contribution in [3.8, 4) is 47.4 Å². The van der Waals surface area contributed by atoms with E-state index in [1.807, 2.05) is 0 Å². The molecular formula is C64H88N4O20. The second-order valence-corrected chi connectivity index (χ2v) is 21.5. The summed E-state index contributed by atoms with van der Waals surface area (Å²) in [6.07, 6.45) is 7.32. The second kappa shape index (κ2) is 44.3. The molecule has 6 aliphatic rings. The SMILES string of the molecule is COC(=O)[C@@H]1CCC(=O)OC2CCC(CC2)OC(=O)CC[C@@H](C(=O)OC)NC(=O)CCCCC#CC#CCCCCC(=O)N[C@H](C(=O)OC)CCC(=O)OC2CCC(CC2)OC(=O)CC[C@@H](C(=O)OC)NC(=O)CCCCC#CC#CCCCCC(=O)N1. The fourth-order valence-corrected chi connectivity index (χ4v) is 9.62. The van der Waals surface area contributed by atoms with E-state index < -0.39 is 120 Å². The lowest BCUT2D eigenvalue weighted by atomic mass is 9.95. The predicted molar refractivity (Wildman–Crippen MR) is 314 cm³/mol. The van der Waals surface area contributed by atoms with Crippen LogP contribution in [0.1, 0.15) is 205 Å². The first-order valence-electron chi connectivity index (χ1n) is 30.6. The van der Waals surface area contributed by atoms with Crippen LogP contribution in [-0.4, -0.2) is 148 Å². The first-order valence-corrected chi connectivity index (χ1v) is 30.6. The van der Waals surface area contributed by atoms with Crippen LogP contribution in [0.4, 0.5) is 0 Å². The summed E-state index contributed by atoms with van der Waals surface area (Å²) in [6, 6.07) is -4.26. The Morgan fingerprint density at radius 1 is 0.307 bits per heavy atom. The molecule has 0 aromatic rings. The van der Waals surface area contributed by atoms with Gasteiger partial charge in [-0.15, -0.1) is 0 Å². The standard InChI is InChI=1S/C64H88N4O20/c1-81-61(77)49-37-41-57(73)85-45-29-31-46(32-30-45)86-58(74)42-38-50(62(78)82-2)66-55(71)27-23-19-15-11-7-8-12-16-20-24-28-56(72)68-52(64(80)84-4)40-44-60(76)88-48-35-33-47(34-36-48)87-59(75)43-39-51(63(79)83-3)67-54(70)26-22-18-14-10-6-5-9-13-17-21-25-53(69)65-49/h45-52H,13-44H2,1-4H3,(H,65,69)(H,66,71)(H,67,70)(H,68,72)/t45?,46?,47?,48?,49-,50-,51-,52-/m0/s1. The zero-order chi connectivity index (χ0) is 64.3. The molecule has 0 aromatic heterocycles. The van der Waals surface area contributed by atoms with E-state index in [1.165, 1.54) is 28.4 Å². The Kier molecular flexibility index (Phi) is 37.3. The first-order chi connectivity index (χ1) is 42.4. The van der Waals surface area contributed by atoms with E-state index >= 15 is 0 Å². The molecule has 0 aromatic carbocycles. The topological polar surface area (TPSA) is 327 Å². The molecule has 4 N–H and O–H groups in total. The van der Waals surface area contributed by atoms with Crippen molar-refractivity contribution in [2.75, 3.05) is 28.4 Å². The molecule has 0 saturated heterocycles. The molecule has 2 fully saturated rings. The van der Waals surface area contributed by atoms with E-state index in [1.54, 1.807) is 0 Å². The van der Waals surface area contributed by atoms with Crippen LogP contribution in [0.5, 0.6) is 0 Å². The zero-order valence-corrected chi connectivity index (χ0v) is 51.4. The number of ether oxygens (including phenoxy) is 8. The monoisotopic (exact) mass is 1230 g/mol. The Morgan fingerprint density at radius 2 is 0.500 bits per heavy atom. The lowest BCUT2D eigenvalue weighted by molar-refractivity contribution is -0.159. The highest BCUT2D eigenvalue weighted by Crippen LogP contribution is 2.26. The molecule has 4 heterocycles. The lowest BCUT2D eigenvalue weighted by Crippen LogP contribution is -2.42. The maximum atomic E-state index is 12.8. The van der Waals surface area contributed by atoms with Crippen LogP contribution in [0.25, 0.3) is 0 Å². The highest BCUT2D eigenvalue weighted by atomic mass is 16.6. The number of esters is 8. The third-order valence-corrected chi connectivity index (χ3v) is 14.6. The van der Waals surface area contributed by atoms with Crippen molar-refractivity contribution in [3.05, 3.63) is 0 Å². The average molecular weight is 1230 g/mol.